The molecule has 0 aromatic carbocycles. The maximum Gasteiger partial charge on any atom is 0.355 e. The van der Waals surface area contributed by atoms with E-state index < -0.39 is 0 Å². The minimum Gasteiger partial charge on any atom is -0.461 e. The summed E-state index contributed by atoms with van der Waals surface area (Å²) in [7, 11) is 0. The summed E-state index contributed by atoms with van der Waals surface area (Å²) in [6.45, 7) is 6.95. The quantitative estimate of drug-likeness (QED) is 0.780. The van der Waals surface area contributed by atoms with Crippen molar-refractivity contribution < 1.29 is 14.3 Å². The molecule has 100 valence electrons. The van der Waals surface area contributed by atoms with Crippen LogP contribution in [0.2, 0.25) is 0 Å². The van der Waals surface area contributed by atoms with Crippen molar-refractivity contribution in [2.45, 2.75) is 33.7 Å². The number of rotatable bonds is 6. The largest absolute Gasteiger partial charge is 0.461 e. The molecule has 0 saturated heterocycles. The third-order valence-electron chi connectivity index (χ3n) is 2.59. The highest BCUT2D eigenvalue weighted by molar-refractivity contribution is 5.89. The van der Waals surface area contributed by atoms with Crippen LogP contribution < -0.4 is 5.32 Å². The van der Waals surface area contributed by atoms with Gasteiger partial charge in [0.2, 0.25) is 5.91 Å². The first-order valence-electron chi connectivity index (χ1n) is 6.19. The number of esters is 1. The molecule has 0 atom stereocenters. The van der Waals surface area contributed by atoms with Gasteiger partial charge in [0.05, 0.1) is 6.61 Å². The molecule has 1 aromatic heterocycles. The Bertz CT molecular complexity index is 424. The van der Waals surface area contributed by atoms with Crippen LogP contribution in [-0.4, -0.2) is 29.6 Å². The van der Waals surface area contributed by atoms with Crippen molar-refractivity contribution in [3.8, 4) is 0 Å². The first-order chi connectivity index (χ1) is 8.60. The lowest BCUT2D eigenvalue weighted by Gasteiger charge is -2.09. The van der Waals surface area contributed by atoms with Gasteiger partial charge in [0, 0.05) is 25.7 Å². The lowest BCUT2D eigenvalue weighted by atomic mass is 10.2. The second-order valence-electron chi connectivity index (χ2n) is 3.96. The highest BCUT2D eigenvalue weighted by atomic mass is 16.5. The van der Waals surface area contributed by atoms with Crippen molar-refractivity contribution in [2.24, 2.45) is 0 Å². The summed E-state index contributed by atoms with van der Waals surface area (Å²) in [5, 5.41) is 2.73. The van der Waals surface area contributed by atoms with Crippen LogP contribution in [0, 0.1) is 6.92 Å². The summed E-state index contributed by atoms with van der Waals surface area (Å²) in [5.41, 5.74) is 1.39. The summed E-state index contributed by atoms with van der Waals surface area (Å²) in [6, 6.07) is 1.85. The average molecular weight is 252 g/mol. The summed E-state index contributed by atoms with van der Waals surface area (Å²) >= 11 is 0. The molecule has 1 aromatic rings. The lowest BCUT2D eigenvalue weighted by Crippen LogP contribution is -2.24. The molecule has 0 aliphatic carbocycles. The molecule has 0 unspecified atom stereocenters. The fraction of sp³-hybridized carbons (Fsp3) is 0.538. The predicted molar refractivity (Wildman–Crippen MR) is 68.4 cm³/mol. The first-order valence-corrected chi connectivity index (χ1v) is 6.19. The Labute approximate surface area is 107 Å². The average Bonchev–Trinajstić information content (AvgIpc) is 2.68. The third-order valence-corrected chi connectivity index (χ3v) is 2.59. The zero-order valence-electron chi connectivity index (χ0n) is 11.2. The van der Waals surface area contributed by atoms with Gasteiger partial charge >= 0.3 is 5.97 Å². The number of amides is 1. The SMILES string of the molecule is CCNC(=O)CCn1ccc(C)c1C(=O)OCC. The van der Waals surface area contributed by atoms with Crippen molar-refractivity contribution in [1.29, 1.82) is 0 Å². The summed E-state index contributed by atoms with van der Waals surface area (Å²) in [5.74, 6) is -0.352. The Morgan fingerprint density at radius 1 is 1.39 bits per heavy atom. The van der Waals surface area contributed by atoms with E-state index in [-0.39, 0.29) is 11.9 Å². The van der Waals surface area contributed by atoms with Crippen LogP contribution in [0.15, 0.2) is 12.3 Å². The molecule has 0 saturated carbocycles. The Morgan fingerprint density at radius 3 is 2.72 bits per heavy atom. The third kappa shape index (κ3) is 3.61. The van der Waals surface area contributed by atoms with Crippen molar-refractivity contribution in [2.75, 3.05) is 13.2 Å². The maximum absolute atomic E-state index is 11.8. The van der Waals surface area contributed by atoms with Crippen molar-refractivity contribution >= 4 is 11.9 Å². The topological polar surface area (TPSA) is 60.3 Å². The number of hydrogen-bond donors (Lipinski definition) is 1. The van der Waals surface area contributed by atoms with E-state index in [2.05, 4.69) is 5.32 Å². The van der Waals surface area contributed by atoms with E-state index in [9.17, 15) is 9.59 Å². The van der Waals surface area contributed by atoms with Gasteiger partial charge in [-0.1, -0.05) is 0 Å². The van der Waals surface area contributed by atoms with Gasteiger partial charge in [-0.15, -0.1) is 0 Å². The Kier molecular flexibility index (Phi) is 5.42. The molecule has 1 rings (SSSR count). The fourth-order valence-electron chi connectivity index (χ4n) is 1.75. The molecule has 1 amide bonds. The van der Waals surface area contributed by atoms with Gasteiger partial charge < -0.3 is 14.6 Å². The Hall–Kier alpha value is -1.78. The number of carbonyl (C=O) groups is 2. The molecule has 0 fully saturated rings. The molecule has 0 aliphatic rings. The van der Waals surface area contributed by atoms with Crippen molar-refractivity contribution in [3.63, 3.8) is 0 Å². The van der Waals surface area contributed by atoms with E-state index in [4.69, 9.17) is 4.74 Å². The molecule has 0 bridgehead atoms. The molecular weight excluding hydrogens is 232 g/mol. The van der Waals surface area contributed by atoms with E-state index in [0.29, 0.717) is 31.8 Å². The Balaban J connectivity index is 2.71. The number of aryl methyl sites for hydroxylation is 2. The molecule has 1 N–H and O–H groups in total. The monoisotopic (exact) mass is 252 g/mol. The second kappa shape index (κ2) is 6.83. The van der Waals surface area contributed by atoms with Crippen LogP contribution in [0.25, 0.3) is 0 Å². The molecule has 18 heavy (non-hydrogen) atoms. The maximum atomic E-state index is 11.8. The van der Waals surface area contributed by atoms with Gasteiger partial charge in [0.25, 0.3) is 0 Å². The Morgan fingerprint density at radius 2 is 2.11 bits per heavy atom. The summed E-state index contributed by atoms with van der Waals surface area (Å²) in [6.07, 6.45) is 2.16. The van der Waals surface area contributed by atoms with Gasteiger partial charge in [0.15, 0.2) is 0 Å². The number of nitrogens with zero attached hydrogens (tertiary/aromatic N) is 1. The van der Waals surface area contributed by atoms with Crippen LogP contribution in [0.5, 0.6) is 0 Å². The smallest absolute Gasteiger partial charge is 0.355 e. The normalized spacial score (nSPS) is 10.2. The molecule has 0 spiro atoms. The number of nitrogens with one attached hydrogen (secondary N) is 1. The second-order valence-corrected chi connectivity index (χ2v) is 3.96. The molecule has 1 heterocycles. The molecular formula is C13H20N2O3. The number of hydrogen-bond acceptors (Lipinski definition) is 3. The van der Waals surface area contributed by atoms with Gasteiger partial charge in [-0.25, -0.2) is 4.79 Å². The van der Waals surface area contributed by atoms with Gasteiger partial charge in [-0.3, -0.25) is 4.79 Å². The van der Waals surface area contributed by atoms with E-state index in [0.717, 1.165) is 5.56 Å². The van der Waals surface area contributed by atoms with Crippen LogP contribution in [0.3, 0.4) is 0 Å². The lowest BCUT2D eigenvalue weighted by molar-refractivity contribution is -0.121. The highest BCUT2D eigenvalue weighted by Crippen LogP contribution is 2.12. The molecule has 5 heteroatoms. The van der Waals surface area contributed by atoms with Crippen LogP contribution in [0.4, 0.5) is 0 Å². The van der Waals surface area contributed by atoms with Gasteiger partial charge in [0.1, 0.15) is 5.69 Å². The minimum atomic E-state index is -0.337. The summed E-state index contributed by atoms with van der Waals surface area (Å²) < 4.78 is 6.77. The molecule has 5 nitrogen and oxygen atoms in total. The van der Waals surface area contributed by atoms with Crippen LogP contribution >= 0.6 is 0 Å². The van der Waals surface area contributed by atoms with Gasteiger partial charge in [-0.05, 0) is 32.4 Å². The summed E-state index contributed by atoms with van der Waals surface area (Å²) in [4.78, 5) is 23.2. The van der Waals surface area contributed by atoms with E-state index in [1.165, 1.54) is 0 Å². The zero-order valence-corrected chi connectivity index (χ0v) is 11.2. The first kappa shape index (κ1) is 14.3. The molecule has 0 aliphatic heterocycles. The predicted octanol–water partition coefficient (Wildman–Crippen LogP) is 1.50. The number of ether oxygens (including phenoxy) is 1. The zero-order chi connectivity index (χ0) is 13.5. The van der Waals surface area contributed by atoms with Crippen molar-refractivity contribution in [1.82, 2.24) is 9.88 Å². The standard InChI is InChI=1S/C13H20N2O3/c1-4-14-11(16)7-9-15-8-6-10(3)12(15)13(17)18-5-2/h6,8H,4-5,7,9H2,1-3H3,(H,14,16). The fourth-order valence-corrected chi connectivity index (χ4v) is 1.75. The minimum absolute atomic E-state index is 0.0151. The van der Waals surface area contributed by atoms with Crippen LogP contribution in [-0.2, 0) is 16.1 Å². The van der Waals surface area contributed by atoms with Gasteiger partial charge in [-0.2, -0.15) is 0 Å². The van der Waals surface area contributed by atoms with E-state index >= 15 is 0 Å². The van der Waals surface area contributed by atoms with Crippen LogP contribution in [0.1, 0.15) is 36.3 Å². The number of carbonyl (C=O) groups excluding carboxylic acids is 2. The molecule has 0 radical (unpaired) electrons. The highest BCUT2D eigenvalue weighted by Gasteiger charge is 2.16. The van der Waals surface area contributed by atoms with E-state index in [1.54, 1.807) is 17.7 Å². The van der Waals surface area contributed by atoms with Crippen molar-refractivity contribution in [3.05, 3.63) is 23.5 Å². The number of aromatic nitrogens is 1. The van der Waals surface area contributed by atoms with E-state index in [1.807, 2.05) is 19.9 Å².